The monoisotopic (exact) mass is 580 g/mol. The molecule has 0 radical (unpaired) electrons. The van der Waals surface area contributed by atoms with Gasteiger partial charge in [-0.3, -0.25) is 14.6 Å². The molecule has 2 atom stereocenters. The molecule has 0 bridgehead atoms. The molecule has 2 aromatic rings. The van der Waals surface area contributed by atoms with Crippen molar-refractivity contribution in [2.24, 2.45) is 0 Å². The molecule has 42 heavy (non-hydrogen) atoms. The van der Waals surface area contributed by atoms with Crippen molar-refractivity contribution in [2.45, 2.75) is 37.5 Å². The topological polar surface area (TPSA) is 78.9 Å². The van der Waals surface area contributed by atoms with Crippen LogP contribution in [0.4, 0.5) is 0 Å². The Hall–Kier alpha value is -2.85. The minimum Gasteiger partial charge on any atom is -0.494 e. The summed E-state index contributed by atoms with van der Waals surface area (Å²) in [6.45, 7) is 11.5. The molecular weight excluding hydrogens is 536 g/mol. The van der Waals surface area contributed by atoms with Crippen LogP contribution < -0.4 is 18.9 Å². The zero-order chi connectivity index (χ0) is 28.6. The lowest BCUT2D eigenvalue weighted by Crippen LogP contribution is -2.37. The maximum atomic E-state index is 14.1. The SMILES string of the molecule is O=C(C1CCOc2ccc(OCCCN3CCOCC3)cc21)C1CCOc2ccc(OCCCN3CCOCC3)cc21. The summed E-state index contributed by atoms with van der Waals surface area (Å²) in [6, 6.07) is 11.8. The van der Waals surface area contributed by atoms with Gasteiger partial charge >= 0.3 is 0 Å². The standard InChI is InChI=1S/C33H44N2O7/c36-33(27-7-17-41-31-5-3-25(23-29(27)31)39-15-1-9-34-11-19-37-20-12-34)28-8-18-42-32-6-4-26(24-30(28)32)40-16-2-10-35-13-21-38-22-14-35/h3-6,23-24,27-28H,1-2,7-22H2. The minimum absolute atomic E-state index is 0.220. The molecule has 2 aromatic carbocycles. The number of carbonyl (C=O) groups excluding carboxylic acids is 1. The summed E-state index contributed by atoms with van der Waals surface area (Å²) < 4.78 is 35.0. The lowest BCUT2D eigenvalue weighted by atomic mass is 9.78. The molecule has 2 unspecified atom stereocenters. The van der Waals surface area contributed by atoms with Crippen molar-refractivity contribution >= 4 is 5.78 Å². The molecule has 4 aliphatic rings. The van der Waals surface area contributed by atoms with E-state index in [0.717, 1.165) is 113 Å². The van der Waals surface area contributed by atoms with Crippen molar-refractivity contribution in [2.75, 3.05) is 92.1 Å². The van der Waals surface area contributed by atoms with E-state index in [4.69, 9.17) is 28.4 Å². The van der Waals surface area contributed by atoms with Gasteiger partial charge in [0.15, 0.2) is 0 Å². The van der Waals surface area contributed by atoms with Gasteiger partial charge in [0.25, 0.3) is 0 Å². The second-order valence-corrected chi connectivity index (χ2v) is 11.5. The molecule has 2 fully saturated rings. The first-order valence-corrected chi connectivity index (χ1v) is 15.7. The van der Waals surface area contributed by atoms with Gasteiger partial charge in [0.05, 0.1) is 64.7 Å². The van der Waals surface area contributed by atoms with Crippen LogP contribution in [0.2, 0.25) is 0 Å². The fraction of sp³-hybridized carbons (Fsp3) is 0.606. The number of ketones is 1. The normalized spacial score (nSPS) is 22.8. The minimum atomic E-state index is -0.236. The number of ether oxygens (including phenoxy) is 6. The summed E-state index contributed by atoms with van der Waals surface area (Å²) in [5.74, 6) is 2.89. The molecule has 0 amide bonds. The Morgan fingerprint density at radius 2 is 1.12 bits per heavy atom. The fourth-order valence-corrected chi connectivity index (χ4v) is 6.36. The van der Waals surface area contributed by atoms with Crippen LogP contribution in [0.1, 0.15) is 48.6 Å². The van der Waals surface area contributed by atoms with Crippen molar-refractivity contribution < 1.29 is 33.2 Å². The number of hydrogen-bond donors (Lipinski definition) is 0. The Kier molecular flexibility index (Phi) is 10.1. The quantitative estimate of drug-likeness (QED) is 0.348. The van der Waals surface area contributed by atoms with Crippen LogP contribution in [0.5, 0.6) is 23.0 Å². The van der Waals surface area contributed by atoms with E-state index in [-0.39, 0.29) is 17.6 Å². The highest BCUT2D eigenvalue weighted by molar-refractivity contribution is 5.93. The van der Waals surface area contributed by atoms with Gasteiger partial charge in [0.1, 0.15) is 28.8 Å². The average Bonchev–Trinajstić information content (AvgIpc) is 3.05. The number of morpholine rings is 2. The Morgan fingerprint density at radius 1 is 0.667 bits per heavy atom. The van der Waals surface area contributed by atoms with E-state index in [1.165, 1.54) is 0 Å². The van der Waals surface area contributed by atoms with Crippen molar-refractivity contribution in [3.8, 4) is 23.0 Å². The van der Waals surface area contributed by atoms with Crippen LogP contribution in [-0.4, -0.2) is 108 Å². The average molecular weight is 581 g/mol. The largest absolute Gasteiger partial charge is 0.494 e. The van der Waals surface area contributed by atoms with E-state index in [1.54, 1.807) is 0 Å². The summed E-state index contributed by atoms with van der Waals surface area (Å²) in [5.41, 5.74) is 1.86. The third-order valence-electron chi connectivity index (χ3n) is 8.71. The Labute approximate surface area is 248 Å². The number of fused-ring (bicyclic) bond motifs is 2. The molecular formula is C33H44N2O7. The molecule has 2 saturated heterocycles. The molecule has 6 rings (SSSR count). The van der Waals surface area contributed by atoms with E-state index in [9.17, 15) is 4.79 Å². The highest BCUT2D eigenvalue weighted by atomic mass is 16.5. The first-order chi connectivity index (χ1) is 20.7. The van der Waals surface area contributed by atoms with Crippen molar-refractivity contribution in [1.29, 1.82) is 0 Å². The predicted molar refractivity (Wildman–Crippen MR) is 158 cm³/mol. The zero-order valence-electron chi connectivity index (χ0n) is 24.6. The lowest BCUT2D eigenvalue weighted by Gasteiger charge is -2.31. The Balaban J connectivity index is 1.08. The van der Waals surface area contributed by atoms with Crippen LogP contribution in [0, 0.1) is 0 Å². The summed E-state index contributed by atoms with van der Waals surface area (Å²) in [5, 5.41) is 0. The summed E-state index contributed by atoms with van der Waals surface area (Å²) in [7, 11) is 0. The molecule has 4 heterocycles. The Morgan fingerprint density at radius 3 is 1.57 bits per heavy atom. The number of Topliss-reactive ketones (excluding diaryl/α,β-unsaturated/α-hetero) is 1. The van der Waals surface area contributed by atoms with Crippen molar-refractivity contribution in [3.05, 3.63) is 47.5 Å². The number of carbonyl (C=O) groups is 1. The van der Waals surface area contributed by atoms with Gasteiger partial charge in [-0.1, -0.05) is 0 Å². The fourth-order valence-electron chi connectivity index (χ4n) is 6.36. The van der Waals surface area contributed by atoms with Crippen molar-refractivity contribution in [1.82, 2.24) is 9.80 Å². The molecule has 9 nitrogen and oxygen atoms in total. The van der Waals surface area contributed by atoms with Crippen LogP contribution >= 0.6 is 0 Å². The number of nitrogens with zero attached hydrogens (tertiary/aromatic N) is 2. The van der Waals surface area contributed by atoms with E-state index in [2.05, 4.69) is 9.80 Å². The van der Waals surface area contributed by atoms with Crippen LogP contribution in [-0.2, 0) is 14.3 Å². The van der Waals surface area contributed by atoms with Gasteiger partial charge < -0.3 is 28.4 Å². The van der Waals surface area contributed by atoms with Gasteiger partial charge in [0.2, 0.25) is 0 Å². The van der Waals surface area contributed by atoms with Crippen molar-refractivity contribution in [3.63, 3.8) is 0 Å². The zero-order valence-corrected chi connectivity index (χ0v) is 24.6. The summed E-state index contributed by atoms with van der Waals surface area (Å²) in [4.78, 5) is 19.0. The van der Waals surface area contributed by atoms with Crippen LogP contribution in [0.25, 0.3) is 0 Å². The number of rotatable bonds is 12. The first-order valence-electron chi connectivity index (χ1n) is 15.7. The molecule has 0 spiro atoms. The Bertz CT molecular complexity index is 1090. The van der Waals surface area contributed by atoms with Gasteiger partial charge in [0, 0.05) is 50.4 Å². The molecule has 0 aliphatic carbocycles. The number of hydrogen-bond acceptors (Lipinski definition) is 9. The van der Waals surface area contributed by atoms with Gasteiger partial charge in [-0.15, -0.1) is 0 Å². The van der Waals surface area contributed by atoms with E-state index >= 15 is 0 Å². The van der Waals surface area contributed by atoms with Crippen LogP contribution in [0.15, 0.2) is 36.4 Å². The molecule has 9 heteroatoms. The molecule has 0 N–H and O–H groups in total. The number of benzene rings is 2. The van der Waals surface area contributed by atoms with E-state index in [1.807, 2.05) is 36.4 Å². The van der Waals surface area contributed by atoms with Gasteiger partial charge in [-0.25, -0.2) is 0 Å². The van der Waals surface area contributed by atoms with Gasteiger partial charge in [-0.2, -0.15) is 0 Å². The molecule has 4 aliphatic heterocycles. The van der Waals surface area contributed by atoms with E-state index in [0.29, 0.717) is 39.3 Å². The highest BCUT2D eigenvalue weighted by Crippen LogP contribution is 2.44. The predicted octanol–water partition coefficient (Wildman–Crippen LogP) is 3.89. The van der Waals surface area contributed by atoms with E-state index < -0.39 is 0 Å². The maximum absolute atomic E-state index is 14.1. The molecule has 0 aromatic heterocycles. The second kappa shape index (κ2) is 14.6. The lowest BCUT2D eigenvalue weighted by molar-refractivity contribution is -0.123. The first kappa shape index (κ1) is 29.2. The maximum Gasteiger partial charge on any atom is 0.148 e. The highest BCUT2D eigenvalue weighted by Gasteiger charge is 2.36. The third kappa shape index (κ3) is 7.37. The molecule has 0 saturated carbocycles. The third-order valence-corrected chi connectivity index (χ3v) is 8.71. The summed E-state index contributed by atoms with van der Waals surface area (Å²) in [6.07, 6.45) is 3.23. The second-order valence-electron chi connectivity index (χ2n) is 11.5. The van der Waals surface area contributed by atoms with Gasteiger partial charge in [-0.05, 0) is 62.1 Å². The summed E-state index contributed by atoms with van der Waals surface area (Å²) >= 11 is 0. The molecule has 228 valence electrons. The van der Waals surface area contributed by atoms with Crippen LogP contribution in [0.3, 0.4) is 0 Å². The smallest absolute Gasteiger partial charge is 0.148 e.